The van der Waals surface area contributed by atoms with Crippen molar-refractivity contribution in [3.8, 4) is 0 Å². The van der Waals surface area contributed by atoms with Crippen molar-refractivity contribution < 1.29 is 9.84 Å². The number of aromatic nitrogens is 2. The molecule has 2 heterocycles. The van der Waals surface area contributed by atoms with Crippen LogP contribution in [-0.4, -0.2) is 40.9 Å². The zero-order valence-electron chi connectivity index (χ0n) is 13.1. The van der Waals surface area contributed by atoms with Crippen molar-refractivity contribution in [3.05, 3.63) is 17.6 Å². The second kappa shape index (κ2) is 5.30. The van der Waals surface area contributed by atoms with Crippen molar-refractivity contribution in [2.45, 2.75) is 51.7 Å². The number of hydrogen-bond acceptors (Lipinski definition) is 5. The van der Waals surface area contributed by atoms with E-state index in [2.05, 4.69) is 35.6 Å². The van der Waals surface area contributed by atoms with Crippen molar-refractivity contribution in [1.82, 2.24) is 9.97 Å². The van der Waals surface area contributed by atoms with Crippen molar-refractivity contribution in [2.75, 3.05) is 25.1 Å². The molecule has 1 N–H and O–H groups in total. The van der Waals surface area contributed by atoms with Gasteiger partial charge in [-0.1, -0.05) is 20.8 Å². The maximum absolute atomic E-state index is 10.1. The highest BCUT2D eigenvalue weighted by Gasteiger charge is 2.32. The summed E-state index contributed by atoms with van der Waals surface area (Å²) in [7, 11) is 1.67. The second-order valence-electron chi connectivity index (χ2n) is 6.89. The summed E-state index contributed by atoms with van der Waals surface area (Å²) >= 11 is 0. The Morgan fingerprint density at radius 1 is 1.40 bits per heavy atom. The van der Waals surface area contributed by atoms with Crippen LogP contribution in [-0.2, 0) is 16.8 Å². The average Bonchev–Trinajstić information content (AvgIpc) is 2.69. The van der Waals surface area contributed by atoms with Crippen LogP contribution in [0.3, 0.4) is 0 Å². The van der Waals surface area contributed by atoms with Crippen LogP contribution in [0.4, 0.5) is 5.82 Å². The molecule has 2 rings (SSSR count). The van der Waals surface area contributed by atoms with E-state index in [4.69, 9.17) is 4.74 Å². The predicted molar refractivity (Wildman–Crippen MR) is 78.9 cm³/mol. The van der Waals surface area contributed by atoms with Gasteiger partial charge in [0.15, 0.2) is 0 Å². The summed E-state index contributed by atoms with van der Waals surface area (Å²) in [5.41, 5.74) is 0.142. The Bertz CT molecular complexity index is 480. The zero-order chi connectivity index (χ0) is 15.0. The first-order valence-corrected chi connectivity index (χ1v) is 7.06. The van der Waals surface area contributed by atoms with Gasteiger partial charge in [0.2, 0.25) is 0 Å². The van der Waals surface area contributed by atoms with Crippen molar-refractivity contribution in [1.29, 1.82) is 0 Å². The average molecular weight is 279 g/mol. The minimum atomic E-state index is -0.631. The highest BCUT2D eigenvalue weighted by molar-refractivity contribution is 5.42. The Kier molecular flexibility index (Phi) is 4.02. The number of β-amino-alcohol motifs (C(OH)–C–C–N with tert-alkyl or cyclic N) is 1. The summed E-state index contributed by atoms with van der Waals surface area (Å²) in [6.07, 6.45) is 0.765. The van der Waals surface area contributed by atoms with Gasteiger partial charge in [0.05, 0.1) is 17.9 Å². The second-order valence-corrected chi connectivity index (χ2v) is 6.89. The van der Waals surface area contributed by atoms with E-state index in [1.165, 1.54) is 0 Å². The van der Waals surface area contributed by atoms with Crippen molar-refractivity contribution in [3.63, 3.8) is 0 Å². The summed E-state index contributed by atoms with van der Waals surface area (Å²) in [5.74, 6) is 1.70. The number of anilines is 1. The highest BCUT2D eigenvalue weighted by Crippen LogP contribution is 2.28. The number of hydrogen-bond donors (Lipinski definition) is 1. The largest absolute Gasteiger partial charge is 0.388 e. The minimum absolute atomic E-state index is 0.110. The lowest BCUT2D eigenvalue weighted by Crippen LogP contribution is -2.31. The van der Waals surface area contributed by atoms with Gasteiger partial charge in [0.25, 0.3) is 0 Å². The summed E-state index contributed by atoms with van der Waals surface area (Å²) in [6.45, 7) is 10.1. The molecular formula is C15H25N3O2. The third-order valence-corrected chi connectivity index (χ3v) is 3.50. The normalized spacial score (nSPS) is 23.4. The van der Waals surface area contributed by atoms with Crippen LogP contribution in [0.1, 0.15) is 45.6 Å². The van der Waals surface area contributed by atoms with E-state index in [-0.39, 0.29) is 5.41 Å². The van der Waals surface area contributed by atoms with E-state index in [0.717, 1.165) is 30.3 Å². The number of methoxy groups -OCH3 is 1. The van der Waals surface area contributed by atoms with E-state index in [1.54, 1.807) is 7.11 Å². The molecule has 5 heteroatoms. The van der Waals surface area contributed by atoms with E-state index in [1.807, 2.05) is 13.0 Å². The summed E-state index contributed by atoms with van der Waals surface area (Å²) in [4.78, 5) is 11.4. The Hall–Kier alpha value is -1.20. The van der Waals surface area contributed by atoms with Gasteiger partial charge in [-0.15, -0.1) is 0 Å². The molecule has 0 bridgehead atoms. The fourth-order valence-corrected chi connectivity index (χ4v) is 2.34. The first-order chi connectivity index (χ1) is 9.21. The molecule has 0 saturated carbocycles. The smallest absolute Gasteiger partial charge is 0.136 e. The van der Waals surface area contributed by atoms with Crippen LogP contribution in [0.2, 0.25) is 0 Å². The summed E-state index contributed by atoms with van der Waals surface area (Å²) in [6, 6.07) is 1.96. The number of ether oxygens (including phenoxy) is 1. The summed E-state index contributed by atoms with van der Waals surface area (Å²) in [5, 5.41) is 10.1. The molecule has 1 unspecified atom stereocenters. The predicted octanol–water partition coefficient (Wildman–Crippen LogP) is 1.88. The minimum Gasteiger partial charge on any atom is -0.388 e. The monoisotopic (exact) mass is 279 g/mol. The SMILES string of the molecule is COCc1cc(N2CCC(C)(O)C2)nc(C(C)(C)C)n1. The van der Waals surface area contributed by atoms with Crippen LogP contribution >= 0.6 is 0 Å². The lowest BCUT2D eigenvalue weighted by atomic mass is 9.95. The van der Waals surface area contributed by atoms with E-state index < -0.39 is 5.60 Å². The maximum atomic E-state index is 10.1. The Morgan fingerprint density at radius 3 is 2.60 bits per heavy atom. The number of rotatable bonds is 3. The lowest BCUT2D eigenvalue weighted by Gasteiger charge is -2.23. The molecule has 1 aromatic heterocycles. The fraction of sp³-hybridized carbons (Fsp3) is 0.733. The van der Waals surface area contributed by atoms with Gasteiger partial charge in [-0.25, -0.2) is 9.97 Å². The van der Waals surface area contributed by atoms with E-state index in [0.29, 0.717) is 13.2 Å². The molecule has 1 fully saturated rings. The molecule has 112 valence electrons. The Morgan fingerprint density at radius 2 is 2.10 bits per heavy atom. The van der Waals surface area contributed by atoms with Gasteiger partial charge < -0.3 is 14.7 Å². The van der Waals surface area contributed by atoms with Crippen molar-refractivity contribution in [2.24, 2.45) is 0 Å². The Balaban J connectivity index is 2.35. The quantitative estimate of drug-likeness (QED) is 0.915. The van der Waals surface area contributed by atoms with Gasteiger partial charge in [-0.2, -0.15) is 0 Å². The number of aliphatic hydroxyl groups is 1. The first-order valence-electron chi connectivity index (χ1n) is 7.06. The van der Waals surface area contributed by atoms with Gasteiger partial charge in [0.1, 0.15) is 11.6 Å². The van der Waals surface area contributed by atoms with Gasteiger partial charge in [-0.05, 0) is 13.3 Å². The molecule has 1 aromatic rings. The maximum Gasteiger partial charge on any atom is 0.136 e. The van der Waals surface area contributed by atoms with Gasteiger partial charge in [-0.3, -0.25) is 0 Å². The molecule has 0 spiro atoms. The topological polar surface area (TPSA) is 58.5 Å². The number of nitrogens with zero attached hydrogens (tertiary/aromatic N) is 3. The zero-order valence-corrected chi connectivity index (χ0v) is 13.1. The molecule has 0 aliphatic carbocycles. The first kappa shape index (κ1) is 15.2. The third-order valence-electron chi connectivity index (χ3n) is 3.50. The molecule has 1 saturated heterocycles. The highest BCUT2D eigenvalue weighted by atomic mass is 16.5. The van der Waals surface area contributed by atoms with Gasteiger partial charge >= 0.3 is 0 Å². The fourth-order valence-electron chi connectivity index (χ4n) is 2.34. The lowest BCUT2D eigenvalue weighted by molar-refractivity contribution is 0.0839. The van der Waals surface area contributed by atoms with Crippen LogP contribution in [0, 0.1) is 0 Å². The molecule has 0 aromatic carbocycles. The van der Waals surface area contributed by atoms with Crippen molar-refractivity contribution >= 4 is 5.82 Å². The third kappa shape index (κ3) is 3.46. The van der Waals surface area contributed by atoms with E-state index >= 15 is 0 Å². The van der Waals surface area contributed by atoms with Crippen LogP contribution < -0.4 is 4.90 Å². The molecule has 1 aliphatic rings. The van der Waals surface area contributed by atoms with Crippen LogP contribution in [0.5, 0.6) is 0 Å². The molecule has 20 heavy (non-hydrogen) atoms. The molecule has 1 aliphatic heterocycles. The molecule has 1 atom stereocenters. The molecule has 0 radical (unpaired) electrons. The standard InChI is InChI=1S/C15H25N3O2/c1-14(2,3)13-16-11(9-20-5)8-12(17-13)18-7-6-15(4,19)10-18/h8,19H,6-7,9-10H2,1-5H3. The molecule has 5 nitrogen and oxygen atoms in total. The van der Waals surface area contributed by atoms with Crippen LogP contribution in [0.25, 0.3) is 0 Å². The molecular weight excluding hydrogens is 254 g/mol. The van der Waals surface area contributed by atoms with E-state index in [9.17, 15) is 5.11 Å². The molecule has 0 amide bonds. The summed E-state index contributed by atoms with van der Waals surface area (Å²) < 4.78 is 5.20. The van der Waals surface area contributed by atoms with Gasteiger partial charge in [0, 0.05) is 31.7 Å². The van der Waals surface area contributed by atoms with Crippen LogP contribution in [0.15, 0.2) is 6.07 Å². The Labute approximate surface area is 121 Å².